The molecular formula is C21H31N5O3. The van der Waals surface area contributed by atoms with E-state index in [1.54, 1.807) is 17.9 Å². The number of aromatic nitrogens is 2. The molecule has 0 aliphatic rings. The Balaban J connectivity index is 1.73. The molecule has 0 radical (unpaired) electrons. The van der Waals surface area contributed by atoms with Gasteiger partial charge in [0.15, 0.2) is 0 Å². The maximum absolute atomic E-state index is 12.1. The lowest BCUT2D eigenvalue weighted by molar-refractivity contribution is 0.0277. The number of carbonyl (C=O) groups is 2. The van der Waals surface area contributed by atoms with Crippen LogP contribution in [-0.4, -0.2) is 52.5 Å². The fourth-order valence-electron chi connectivity index (χ4n) is 2.69. The predicted octanol–water partition coefficient (Wildman–Crippen LogP) is 3.17. The molecule has 1 aromatic heterocycles. The smallest absolute Gasteiger partial charge is 0.410 e. The van der Waals surface area contributed by atoms with E-state index in [1.807, 2.05) is 64.2 Å². The van der Waals surface area contributed by atoms with Crippen molar-refractivity contribution in [1.29, 1.82) is 0 Å². The summed E-state index contributed by atoms with van der Waals surface area (Å²) >= 11 is 0. The Bertz CT molecular complexity index is 799. The van der Waals surface area contributed by atoms with Gasteiger partial charge >= 0.3 is 12.1 Å². The van der Waals surface area contributed by atoms with E-state index >= 15 is 0 Å². The molecule has 1 aromatic carbocycles. The average molecular weight is 402 g/mol. The van der Waals surface area contributed by atoms with E-state index in [9.17, 15) is 9.59 Å². The Morgan fingerprint density at radius 1 is 1.24 bits per heavy atom. The molecule has 0 saturated heterocycles. The van der Waals surface area contributed by atoms with E-state index in [-0.39, 0.29) is 18.0 Å². The lowest BCUT2D eigenvalue weighted by Gasteiger charge is -2.26. The monoisotopic (exact) mass is 401 g/mol. The van der Waals surface area contributed by atoms with E-state index in [4.69, 9.17) is 4.74 Å². The third-order valence-electron chi connectivity index (χ3n) is 4.03. The standard InChI is InChI=1S/C21H31N5O3/c1-16(15-25(5)20(28)29-21(2,3)4)13-22-19(27)23-14-17-8-6-9-18(12-17)26-11-7-10-24-26/h6-12,16H,13-15H2,1-5H3,(H2,22,23,27). The highest BCUT2D eigenvalue weighted by Gasteiger charge is 2.20. The summed E-state index contributed by atoms with van der Waals surface area (Å²) in [6.07, 6.45) is 3.22. The molecule has 8 heteroatoms. The molecule has 2 rings (SSSR count). The summed E-state index contributed by atoms with van der Waals surface area (Å²) in [7, 11) is 1.69. The zero-order valence-electron chi connectivity index (χ0n) is 17.8. The summed E-state index contributed by atoms with van der Waals surface area (Å²) in [6.45, 7) is 8.81. The predicted molar refractivity (Wildman–Crippen MR) is 112 cm³/mol. The second-order valence-corrected chi connectivity index (χ2v) is 8.15. The van der Waals surface area contributed by atoms with Crippen molar-refractivity contribution in [3.05, 3.63) is 48.3 Å². The lowest BCUT2D eigenvalue weighted by atomic mass is 10.1. The fourth-order valence-corrected chi connectivity index (χ4v) is 2.69. The van der Waals surface area contributed by atoms with Crippen LogP contribution in [0.3, 0.4) is 0 Å². The molecule has 8 nitrogen and oxygen atoms in total. The van der Waals surface area contributed by atoms with Crippen molar-refractivity contribution >= 4 is 12.1 Å². The van der Waals surface area contributed by atoms with Crippen molar-refractivity contribution in [1.82, 2.24) is 25.3 Å². The number of hydrogen-bond acceptors (Lipinski definition) is 4. The fraction of sp³-hybridized carbons (Fsp3) is 0.476. The molecule has 0 spiro atoms. The molecule has 0 saturated carbocycles. The molecule has 3 amide bonds. The first-order valence-corrected chi connectivity index (χ1v) is 9.69. The number of amides is 3. The minimum Gasteiger partial charge on any atom is -0.444 e. The number of rotatable bonds is 7. The van der Waals surface area contributed by atoms with Gasteiger partial charge in [-0.15, -0.1) is 0 Å². The Morgan fingerprint density at radius 2 is 2.00 bits per heavy atom. The maximum Gasteiger partial charge on any atom is 0.410 e. The molecule has 2 N–H and O–H groups in total. The van der Waals surface area contributed by atoms with Gasteiger partial charge in [0.2, 0.25) is 0 Å². The molecule has 1 atom stereocenters. The number of hydrogen-bond donors (Lipinski definition) is 2. The summed E-state index contributed by atoms with van der Waals surface area (Å²) in [6, 6.07) is 9.43. The van der Waals surface area contributed by atoms with Gasteiger partial charge in [-0.3, -0.25) is 0 Å². The molecule has 29 heavy (non-hydrogen) atoms. The van der Waals surface area contributed by atoms with Gasteiger partial charge in [-0.2, -0.15) is 5.10 Å². The van der Waals surface area contributed by atoms with Gasteiger partial charge in [-0.1, -0.05) is 19.1 Å². The van der Waals surface area contributed by atoms with Crippen molar-refractivity contribution in [3.8, 4) is 5.69 Å². The van der Waals surface area contributed by atoms with Crippen LogP contribution in [0.25, 0.3) is 5.69 Å². The summed E-state index contributed by atoms with van der Waals surface area (Å²) in [5.41, 5.74) is 1.39. The Hall–Kier alpha value is -3.03. The highest BCUT2D eigenvalue weighted by Crippen LogP contribution is 2.11. The molecule has 0 fully saturated rings. The van der Waals surface area contributed by atoms with E-state index < -0.39 is 5.60 Å². The van der Waals surface area contributed by atoms with Crippen LogP contribution in [0.4, 0.5) is 9.59 Å². The Labute approximate surface area is 172 Å². The average Bonchev–Trinajstić information content (AvgIpc) is 3.18. The number of ether oxygens (including phenoxy) is 1. The van der Waals surface area contributed by atoms with Crippen molar-refractivity contribution in [3.63, 3.8) is 0 Å². The van der Waals surface area contributed by atoms with Gasteiger partial charge in [0.05, 0.1) is 5.69 Å². The summed E-state index contributed by atoms with van der Waals surface area (Å²) in [4.78, 5) is 25.6. The molecule has 158 valence electrons. The highest BCUT2D eigenvalue weighted by atomic mass is 16.6. The molecule has 0 aliphatic carbocycles. The maximum atomic E-state index is 12.1. The van der Waals surface area contributed by atoms with Crippen molar-refractivity contribution in [2.45, 2.75) is 39.8 Å². The van der Waals surface area contributed by atoms with Crippen LogP contribution in [0.15, 0.2) is 42.7 Å². The zero-order valence-corrected chi connectivity index (χ0v) is 17.8. The van der Waals surface area contributed by atoms with Crippen molar-refractivity contribution < 1.29 is 14.3 Å². The first kappa shape index (κ1) is 22.3. The van der Waals surface area contributed by atoms with Gasteiger partial charge in [0, 0.05) is 39.1 Å². The van der Waals surface area contributed by atoms with Crippen LogP contribution in [0, 0.1) is 5.92 Å². The molecule has 0 aliphatic heterocycles. The first-order valence-electron chi connectivity index (χ1n) is 9.69. The second-order valence-electron chi connectivity index (χ2n) is 8.15. The Kier molecular flexibility index (Phi) is 7.64. The lowest BCUT2D eigenvalue weighted by Crippen LogP contribution is -2.41. The number of benzene rings is 1. The van der Waals surface area contributed by atoms with Crippen LogP contribution in [0.2, 0.25) is 0 Å². The van der Waals surface area contributed by atoms with Gasteiger partial charge in [-0.25, -0.2) is 14.3 Å². The normalized spacial score (nSPS) is 12.2. The van der Waals surface area contributed by atoms with Crippen LogP contribution < -0.4 is 10.6 Å². The third-order valence-corrected chi connectivity index (χ3v) is 4.03. The first-order chi connectivity index (χ1) is 13.6. The number of nitrogens with one attached hydrogen (secondary N) is 2. The second kappa shape index (κ2) is 9.95. The van der Waals surface area contributed by atoms with E-state index in [0.29, 0.717) is 19.6 Å². The van der Waals surface area contributed by atoms with Crippen LogP contribution in [0.1, 0.15) is 33.3 Å². The van der Waals surface area contributed by atoms with E-state index in [2.05, 4.69) is 15.7 Å². The molecular weight excluding hydrogens is 370 g/mol. The zero-order chi connectivity index (χ0) is 21.4. The Morgan fingerprint density at radius 3 is 2.66 bits per heavy atom. The number of carbonyl (C=O) groups excluding carboxylic acids is 2. The van der Waals surface area contributed by atoms with Crippen LogP contribution >= 0.6 is 0 Å². The van der Waals surface area contributed by atoms with Crippen molar-refractivity contribution in [2.75, 3.05) is 20.1 Å². The summed E-state index contributed by atoms with van der Waals surface area (Å²) in [5.74, 6) is 0.0846. The quantitative estimate of drug-likeness (QED) is 0.746. The van der Waals surface area contributed by atoms with E-state index in [0.717, 1.165) is 11.3 Å². The minimum absolute atomic E-state index is 0.0846. The largest absolute Gasteiger partial charge is 0.444 e. The van der Waals surface area contributed by atoms with Gasteiger partial charge in [0.1, 0.15) is 5.60 Å². The van der Waals surface area contributed by atoms with Crippen molar-refractivity contribution in [2.24, 2.45) is 5.92 Å². The van der Waals surface area contributed by atoms with Crippen LogP contribution in [0.5, 0.6) is 0 Å². The summed E-state index contributed by atoms with van der Waals surface area (Å²) in [5, 5.41) is 9.90. The number of nitrogens with zero attached hydrogens (tertiary/aromatic N) is 3. The topological polar surface area (TPSA) is 88.5 Å². The highest BCUT2D eigenvalue weighted by molar-refractivity contribution is 5.73. The number of urea groups is 1. The molecule has 1 unspecified atom stereocenters. The van der Waals surface area contributed by atoms with Gasteiger partial charge < -0.3 is 20.3 Å². The SMILES string of the molecule is CC(CNC(=O)NCc1cccc(-n2cccn2)c1)CN(C)C(=O)OC(C)(C)C. The molecule has 0 bridgehead atoms. The summed E-state index contributed by atoms with van der Waals surface area (Å²) < 4.78 is 7.10. The minimum atomic E-state index is -0.526. The van der Waals surface area contributed by atoms with Crippen LogP contribution in [-0.2, 0) is 11.3 Å². The van der Waals surface area contributed by atoms with E-state index in [1.165, 1.54) is 4.90 Å². The molecule has 2 aromatic rings. The van der Waals surface area contributed by atoms with Gasteiger partial charge in [0.25, 0.3) is 0 Å². The third kappa shape index (κ3) is 7.85. The molecule has 1 heterocycles. The van der Waals surface area contributed by atoms with Gasteiger partial charge in [-0.05, 0) is 50.5 Å².